The van der Waals surface area contributed by atoms with Gasteiger partial charge in [-0.05, 0) is 101 Å². The number of fused-ring (bicyclic) bond motifs is 9. The average molecular weight is 759 g/mol. The van der Waals surface area contributed by atoms with E-state index in [1.807, 2.05) is 23.5 Å². The molecule has 0 bridgehead atoms. The summed E-state index contributed by atoms with van der Waals surface area (Å²) < 4.78 is 11.3. The van der Waals surface area contributed by atoms with Gasteiger partial charge in [0.25, 0.3) is 0 Å². The number of benzene rings is 9. The van der Waals surface area contributed by atoms with Crippen LogP contribution in [0.5, 0.6) is 0 Å². The summed E-state index contributed by atoms with van der Waals surface area (Å²) >= 11 is 1.86. The predicted molar refractivity (Wildman–Crippen MR) is 247 cm³/mol. The fourth-order valence-electron chi connectivity index (χ4n) is 9.01. The van der Waals surface area contributed by atoms with Gasteiger partial charge < -0.3 is 13.9 Å². The third-order valence-electron chi connectivity index (χ3n) is 11.6. The Balaban J connectivity index is 1.03. The second-order valence-corrected chi connectivity index (χ2v) is 16.0. The van der Waals surface area contributed by atoms with Crippen molar-refractivity contribution in [1.29, 1.82) is 0 Å². The lowest BCUT2D eigenvalue weighted by Crippen LogP contribution is -2.10. The quantitative estimate of drug-likeness (QED) is 0.168. The molecular weight excluding hydrogens is 725 g/mol. The van der Waals surface area contributed by atoms with Crippen LogP contribution in [0.4, 0.5) is 17.1 Å². The van der Waals surface area contributed by atoms with E-state index >= 15 is 0 Å². The molecule has 0 spiro atoms. The third-order valence-corrected chi connectivity index (χ3v) is 12.7. The van der Waals surface area contributed by atoms with Gasteiger partial charge in [0.05, 0.1) is 11.0 Å². The summed E-state index contributed by atoms with van der Waals surface area (Å²) in [7, 11) is 0. The van der Waals surface area contributed by atoms with E-state index in [1.54, 1.807) is 0 Å². The molecule has 3 aromatic heterocycles. The molecule has 0 saturated carbocycles. The van der Waals surface area contributed by atoms with E-state index in [1.165, 1.54) is 47.6 Å². The Morgan fingerprint density at radius 3 is 1.72 bits per heavy atom. The highest BCUT2D eigenvalue weighted by atomic mass is 32.1. The molecule has 4 heteroatoms. The Morgan fingerprint density at radius 1 is 0.379 bits per heavy atom. The summed E-state index contributed by atoms with van der Waals surface area (Å²) in [6.45, 7) is 0. The molecular formula is C54H34N2OS. The highest BCUT2D eigenvalue weighted by Crippen LogP contribution is 2.44. The summed E-state index contributed by atoms with van der Waals surface area (Å²) in [4.78, 5) is 2.38. The molecule has 0 radical (unpaired) electrons. The zero-order valence-corrected chi connectivity index (χ0v) is 32.2. The Kier molecular flexibility index (Phi) is 7.40. The molecule has 0 saturated heterocycles. The molecule has 0 aliphatic heterocycles. The van der Waals surface area contributed by atoms with Gasteiger partial charge in [0.1, 0.15) is 11.2 Å². The average Bonchev–Trinajstić information content (AvgIpc) is 3.97. The number of para-hydroxylation sites is 3. The van der Waals surface area contributed by atoms with Crippen LogP contribution in [0.1, 0.15) is 0 Å². The molecule has 0 unspecified atom stereocenters. The molecule has 0 atom stereocenters. The van der Waals surface area contributed by atoms with E-state index in [4.69, 9.17) is 4.42 Å². The molecule has 3 nitrogen and oxygen atoms in total. The monoisotopic (exact) mass is 758 g/mol. The Hall–Kier alpha value is -7.40. The lowest BCUT2D eigenvalue weighted by Gasteiger charge is -2.26. The van der Waals surface area contributed by atoms with Crippen molar-refractivity contribution in [3.8, 4) is 27.9 Å². The zero-order chi connectivity index (χ0) is 38.2. The lowest BCUT2D eigenvalue weighted by molar-refractivity contribution is 0.669. The summed E-state index contributed by atoms with van der Waals surface area (Å²) in [5.74, 6) is 0. The van der Waals surface area contributed by atoms with Crippen molar-refractivity contribution in [3.05, 3.63) is 206 Å². The minimum Gasteiger partial charge on any atom is -0.456 e. The first kappa shape index (κ1) is 32.8. The van der Waals surface area contributed by atoms with Gasteiger partial charge in [0.15, 0.2) is 0 Å². The van der Waals surface area contributed by atoms with Gasteiger partial charge in [-0.15, -0.1) is 11.3 Å². The molecule has 272 valence electrons. The molecule has 0 aliphatic carbocycles. The summed E-state index contributed by atoms with van der Waals surface area (Å²) in [5.41, 5.74) is 13.3. The highest BCUT2D eigenvalue weighted by molar-refractivity contribution is 7.25. The van der Waals surface area contributed by atoms with Crippen molar-refractivity contribution in [2.45, 2.75) is 0 Å². The molecule has 12 rings (SSSR count). The second-order valence-electron chi connectivity index (χ2n) is 14.9. The van der Waals surface area contributed by atoms with Crippen LogP contribution in [0.3, 0.4) is 0 Å². The summed E-state index contributed by atoms with van der Waals surface area (Å²) in [6.07, 6.45) is 0. The van der Waals surface area contributed by atoms with Crippen molar-refractivity contribution in [2.24, 2.45) is 0 Å². The van der Waals surface area contributed by atoms with E-state index in [0.29, 0.717) is 0 Å². The fraction of sp³-hybridized carbons (Fsp3) is 0. The van der Waals surface area contributed by atoms with Gasteiger partial charge in [0, 0.05) is 64.5 Å². The Labute approximate surface area is 338 Å². The third kappa shape index (κ3) is 5.12. The van der Waals surface area contributed by atoms with Crippen LogP contribution in [0.2, 0.25) is 0 Å². The first-order valence-corrected chi connectivity index (χ1v) is 20.5. The van der Waals surface area contributed by atoms with Crippen LogP contribution >= 0.6 is 11.3 Å². The maximum atomic E-state index is 6.26. The van der Waals surface area contributed by atoms with Gasteiger partial charge in [0.2, 0.25) is 0 Å². The standard InChI is InChI=1S/C54H34N2OS/c1-2-12-37(13-3-1)56-47-19-7-4-14-43(47)44-33-32-40(34-48(44)56)55(38-28-24-35(25-29-38)41-17-10-21-50-53(41)45-15-5-8-20-49(45)57-50)39-30-26-36(27-31-39)42-18-11-23-52-54(42)46-16-6-9-22-51(46)58-52/h1-34H. The van der Waals surface area contributed by atoms with Crippen molar-refractivity contribution in [2.75, 3.05) is 4.90 Å². The molecule has 12 aromatic rings. The minimum absolute atomic E-state index is 0.901. The number of thiophene rings is 1. The van der Waals surface area contributed by atoms with Crippen LogP contribution in [0, 0.1) is 0 Å². The van der Waals surface area contributed by atoms with Gasteiger partial charge in [-0.25, -0.2) is 0 Å². The number of aromatic nitrogens is 1. The van der Waals surface area contributed by atoms with E-state index in [2.05, 4.69) is 204 Å². The van der Waals surface area contributed by atoms with Crippen LogP contribution in [-0.4, -0.2) is 4.57 Å². The molecule has 0 amide bonds. The lowest BCUT2D eigenvalue weighted by atomic mass is 9.98. The molecule has 3 heterocycles. The maximum absolute atomic E-state index is 6.26. The van der Waals surface area contributed by atoms with Crippen molar-refractivity contribution in [1.82, 2.24) is 4.57 Å². The minimum atomic E-state index is 0.901. The topological polar surface area (TPSA) is 21.3 Å². The van der Waals surface area contributed by atoms with Gasteiger partial charge in [-0.3, -0.25) is 0 Å². The number of anilines is 3. The van der Waals surface area contributed by atoms with Gasteiger partial charge >= 0.3 is 0 Å². The summed E-state index contributed by atoms with van der Waals surface area (Å²) in [5, 5.41) is 7.38. The first-order chi connectivity index (χ1) is 28.8. The first-order valence-electron chi connectivity index (χ1n) is 19.7. The van der Waals surface area contributed by atoms with Crippen molar-refractivity contribution in [3.63, 3.8) is 0 Å². The van der Waals surface area contributed by atoms with Crippen LogP contribution in [0.25, 0.3) is 91.9 Å². The van der Waals surface area contributed by atoms with Crippen LogP contribution < -0.4 is 4.90 Å². The van der Waals surface area contributed by atoms with E-state index in [0.717, 1.165) is 61.3 Å². The molecule has 0 fully saturated rings. The van der Waals surface area contributed by atoms with Crippen molar-refractivity contribution >= 4 is 92.3 Å². The second kappa shape index (κ2) is 13.1. The fourth-order valence-corrected chi connectivity index (χ4v) is 10.1. The Bertz CT molecular complexity index is 3340. The van der Waals surface area contributed by atoms with E-state index in [9.17, 15) is 0 Å². The molecule has 9 aromatic carbocycles. The Morgan fingerprint density at radius 2 is 0.948 bits per heavy atom. The number of furan rings is 1. The smallest absolute Gasteiger partial charge is 0.136 e. The number of nitrogens with zero attached hydrogens (tertiary/aromatic N) is 2. The van der Waals surface area contributed by atoms with Crippen LogP contribution in [-0.2, 0) is 0 Å². The van der Waals surface area contributed by atoms with Crippen LogP contribution in [0.15, 0.2) is 211 Å². The van der Waals surface area contributed by atoms with Gasteiger partial charge in [-0.2, -0.15) is 0 Å². The highest BCUT2D eigenvalue weighted by Gasteiger charge is 2.19. The molecule has 0 aliphatic rings. The largest absolute Gasteiger partial charge is 0.456 e. The number of hydrogen-bond donors (Lipinski definition) is 0. The molecule has 58 heavy (non-hydrogen) atoms. The predicted octanol–water partition coefficient (Wildman–Crippen LogP) is 15.9. The number of hydrogen-bond acceptors (Lipinski definition) is 3. The van der Waals surface area contributed by atoms with Gasteiger partial charge in [-0.1, -0.05) is 127 Å². The normalized spacial score (nSPS) is 11.8. The van der Waals surface area contributed by atoms with E-state index < -0.39 is 0 Å². The summed E-state index contributed by atoms with van der Waals surface area (Å²) in [6, 6.07) is 74.5. The zero-order valence-electron chi connectivity index (χ0n) is 31.3. The number of rotatable bonds is 6. The molecule has 0 N–H and O–H groups in total. The SMILES string of the molecule is c1ccc(-n2c3ccccc3c3ccc(N(c4ccc(-c5cccc6oc7ccccc7c56)cc4)c4ccc(-c5cccc6sc7ccccc7c56)cc4)cc32)cc1. The van der Waals surface area contributed by atoms with Crippen molar-refractivity contribution < 1.29 is 4.42 Å². The maximum Gasteiger partial charge on any atom is 0.136 e. The van der Waals surface area contributed by atoms with E-state index in [-0.39, 0.29) is 0 Å².